The highest BCUT2D eigenvalue weighted by atomic mass is 19.2. The zero-order valence-corrected chi connectivity index (χ0v) is 22.3. The van der Waals surface area contributed by atoms with E-state index in [4.69, 9.17) is 10.1 Å². The SMILES string of the molecule is C=CC[C@@H](C)C(=N)CC(=O)c1ccc(N/C2=C\C/C=C\C=C3\C(c4ccc(OC)c(F)c4F)=CN=C23)cc1C. The molecule has 0 spiro atoms. The Labute approximate surface area is 227 Å². The van der Waals surface area contributed by atoms with Gasteiger partial charge < -0.3 is 15.5 Å². The predicted molar refractivity (Wildman–Crippen MR) is 154 cm³/mol. The second kappa shape index (κ2) is 12.0. The van der Waals surface area contributed by atoms with Crippen LogP contribution in [0.4, 0.5) is 14.5 Å². The Balaban J connectivity index is 1.55. The zero-order valence-electron chi connectivity index (χ0n) is 22.3. The molecule has 0 unspecified atom stereocenters. The molecule has 0 bridgehead atoms. The monoisotopic (exact) mass is 527 g/mol. The molecule has 7 heteroatoms. The summed E-state index contributed by atoms with van der Waals surface area (Å²) < 4.78 is 34.3. The molecule has 2 aromatic carbocycles. The molecular formula is C32H31F2N3O2. The first-order valence-corrected chi connectivity index (χ1v) is 12.7. The molecule has 200 valence electrons. The molecule has 0 amide bonds. The molecule has 4 rings (SSSR count). The molecule has 1 atom stereocenters. The molecule has 0 radical (unpaired) electrons. The molecule has 2 aliphatic rings. The van der Waals surface area contributed by atoms with Crippen molar-refractivity contribution in [2.24, 2.45) is 10.9 Å². The third-order valence-electron chi connectivity index (χ3n) is 6.81. The molecule has 1 aliphatic carbocycles. The van der Waals surface area contributed by atoms with Crippen molar-refractivity contribution >= 4 is 28.5 Å². The first-order valence-electron chi connectivity index (χ1n) is 12.7. The van der Waals surface area contributed by atoms with Crippen molar-refractivity contribution in [3.05, 3.63) is 113 Å². The number of anilines is 1. The number of nitrogens with zero attached hydrogens (tertiary/aromatic N) is 1. The number of ketones is 1. The smallest absolute Gasteiger partial charge is 0.201 e. The maximum absolute atomic E-state index is 14.9. The summed E-state index contributed by atoms with van der Waals surface area (Å²) in [5.41, 5.74) is 5.05. The van der Waals surface area contributed by atoms with Gasteiger partial charge in [0.1, 0.15) is 0 Å². The van der Waals surface area contributed by atoms with Crippen molar-refractivity contribution in [2.75, 3.05) is 12.4 Å². The third kappa shape index (κ3) is 5.87. The topological polar surface area (TPSA) is 74.5 Å². The molecule has 1 heterocycles. The van der Waals surface area contributed by atoms with Crippen LogP contribution >= 0.6 is 0 Å². The van der Waals surface area contributed by atoms with Gasteiger partial charge in [-0.15, -0.1) is 6.58 Å². The molecule has 0 saturated heterocycles. The largest absolute Gasteiger partial charge is 0.494 e. The standard InChI is InChI=1S/C32H31F2N3O2/c1-5-9-19(2)26(35)17-28(38)22-13-12-21(16-20(22)3)37-27-11-8-6-7-10-24-25(18-36-32(24)27)23-14-15-29(39-4)31(34)30(23)33/h5-7,10-16,18-19,35,37H,1,8-9,17H2,2-4H3/b7-6-,24-10-,27-11-,35-26?/t19-/m1/s1. The Bertz CT molecular complexity index is 1490. The number of nitrogens with one attached hydrogen (secondary N) is 2. The number of halogens is 2. The van der Waals surface area contributed by atoms with Crippen LogP contribution in [-0.4, -0.2) is 24.3 Å². The summed E-state index contributed by atoms with van der Waals surface area (Å²) >= 11 is 0. The van der Waals surface area contributed by atoms with E-state index < -0.39 is 11.6 Å². The lowest BCUT2D eigenvalue weighted by Gasteiger charge is -2.17. The number of aliphatic imine (C=N–C) groups is 1. The summed E-state index contributed by atoms with van der Waals surface area (Å²) in [6.45, 7) is 7.49. The van der Waals surface area contributed by atoms with E-state index in [1.54, 1.807) is 12.1 Å². The van der Waals surface area contributed by atoms with Gasteiger partial charge in [0.15, 0.2) is 17.3 Å². The molecule has 39 heavy (non-hydrogen) atoms. The van der Waals surface area contributed by atoms with E-state index in [0.29, 0.717) is 46.7 Å². The lowest BCUT2D eigenvalue weighted by atomic mass is 9.92. The Kier molecular flexibility index (Phi) is 8.49. The molecular weight excluding hydrogens is 496 g/mol. The van der Waals surface area contributed by atoms with Crippen molar-refractivity contribution in [3.8, 4) is 5.75 Å². The van der Waals surface area contributed by atoms with Gasteiger partial charge in [0, 0.05) is 46.3 Å². The average molecular weight is 528 g/mol. The van der Waals surface area contributed by atoms with E-state index in [1.165, 1.54) is 25.4 Å². The molecule has 0 aromatic heterocycles. The van der Waals surface area contributed by atoms with Crippen LogP contribution in [0.15, 0.2) is 89.8 Å². The van der Waals surface area contributed by atoms with Gasteiger partial charge in [0.05, 0.1) is 18.5 Å². The van der Waals surface area contributed by atoms with Crippen LogP contribution in [0.5, 0.6) is 5.75 Å². The highest BCUT2D eigenvalue weighted by Crippen LogP contribution is 2.36. The Morgan fingerprint density at radius 3 is 2.74 bits per heavy atom. The highest BCUT2D eigenvalue weighted by Gasteiger charge is 2.27. The second-order valence-corrected chi connectivity index (χ2v) is 9.53. The average Bonchev–Trinajstić information content (AvgIpc) is 3.30. The minimum Gasteiger partial charge on any atom is -0.494 e. The number of hydrogen-bond donors (Lipinski definition) is 2. The van der Waals surface area contributed by atoms with Crippen LogP contribution in [0.1, 0.15) is 47.7 Å². The summed E-state index contributed by atoms with van der Waals surface area (Å²) in [6, 6.07) is 8.34. The van der Waals surface area contributed by atoms with E-state index >= 15 is 0 Å². The van der Waals surface area contributed by atoms with E-state index in [9.17, 15) is 13.6 Å². The van der Waals surface area contributed by atoms with Crippen LogP contribution < -0.4 is 10.1 Å². The number of methoxy groups -OCH3 is 1. The normalized spacial score (nSPS) is 18.6. The van der Waals surface area contributed by atoms with Gasteiger partial charge in [-0.25, -0.2) is 4.39 Å². The summed E-state index contributed by atoms with van der Waals surface area (Å²) in [7, 11) is 1.29. The molecule has 1 aliphatic heterocycles. The molecule has 2 N–H and O–H groups in total. The molecule has 2 aromatic rings. The first kappa shape index (κ1) is 27.6. The number of carbonyl (C=O) groups excluding carboxylic acids is 1. The lowest BCUT2D eigenvalue weighted by molar-refractivity contribution is 0.0998. The molecule has 0 saturated carbocycles. The maximum Gasteiger partial charge on any atom is 0.201 e. The van der Waals surface area contributed by atoms with Gasteiger partial charge in [-0.2, -0.15) is 4.39 Å². The summed E-state index contributed by atoms with van der Waals surface area (Å²) in [5, 5.41) is 11.6. The molecule has 0 fully saturated rings. The van der Waals surface area contributed by atoms with E-state index in [0.717, 1.165) is 11.3 Å². The minimum atomic E-state index is -1.05. The van der Waals surface area contributed by atoms with Gasteiger partial charge in [0.2, 0.25) is 5.82 Å². The number of rotatable bonds is 10. The summed E-state index contributed by atoms with van der Waals surface area (Å²) in [4.78, 5) is 17.4. The van der Waals surface area contributed by atoms with Crippen molar-refractivity contribution in [1.82, 2.24) is 0 Å². The van der Waals surface area contributed by atoms with Crippen LogP contribution in [-0.2, 0) is 0 Å². The minimum absolute atomic E-state index is 0.0242. The number of fused-ring (bicyclic) bond motifs is 1. The van der Waals surface area contributed by atoms with Gasteiger partial charge in [-0.05, 0) is 61.6 Å². The van der Waals surface area contributed by atoms with Gasteiger partial charge in [-0.3, -0.25) is 9.79 Å². The maximum atomic E-state index is 14.9. The Morgan fingerprint density at radius 1 is 1.23 bits per heavy atom. The Morgan fingerprint density at radius 2 is 2.03 bits per heavy atom. The number of aryl methyl sites for hydroxylation is 1. The number of hydrogen-bond acceptors (Lipinski definition) is 5. The summed E-state index contributed by atoms with van der Waals surface area (Å²) in [6.07, 6.45) is 12.3. The fraction of sp³-hybridized carbons (Fsp3) is 0.219. The van der Waals surface area contributed by atoms with Crippen LogP contribution in [0.25, 0.3) is 5.57 Å². The van der Waals surface area contributed by atoms with Crippen molar-refractivity contribution in [2.45, 2.75) is 33.1 Å². The first-order chi connectivity index (χ1) is 18.7. The lowest BCUT2D eigenvalue weighted by Crippen LogP contribution is -2.16. The van der Waals surface area contributed by atoms with Gasteiger partial charge >= 0.3 is 0 Å². The zero-order chi connectivity index (χ0) is 28.1. The second-order valence-electron chi connectivity index (χ2n) is 9.53. The number of allylic oxidation sites excluding steroid dienone is 7. The third-order valence-corrected chi connectivity index (χ3v) is 6.81. The number of benzene rings is 2. The van der Waals surface area contributed by atoms with Crippen molar-refractivity contribution in [1.29, 1.82) is 5.41 Å². The van der Waals surface area contributed by atoms with E-state index in [2.05, 4.69) is 16.9 Å². The predicted octanol–water partition coefficient (Wildman–Crippen LogP) is 7.76. The fourth-order valence-corrected chi connectivity index (χ4v) is 4.57. The number of ether oxygens (including phenoxy) is 1. The van der Waals surface area contributed by atoms with E-state index in [1.807, 2.05) is 50.3 Å². The highest BCUT2D eigenvalue weighted by molar-refractivity contribution is 6.25. The quantitative estimate of drug-likeness (QED) is 0.188. The number of carbonyl (C=O) groups is 1. The van der Waals surface area contributed by atoms with Crippen LogP contribution in [0.2, 0.25) is 0 Å². The Hall–Kier alpha value is -4.39. The molecule has 5 nitrogen and oxygen atoms in total. The summed E-state index contributed by atoms with van der Waals surface area (Å²) in [5.74, 6) is -2.32. The van der Waals surface area contributed by atoms with Gasteiger partial charge in [0.25, 0.3) is 0 Å². The van der Waals surface area contributed by atoms with Crippen molar-refractivity contribution < 1.29 is 18.3 Å². The van der Waals surface area contributed by atoms with Gasteiger partial charge in [-0.1, -0.05) is 37.3 Å². The van der Waals surface area contributed by atoms with Crippen LogP contribution in [0, 0.1) is 29.9 Å². The number of Topliss-reactive ketones (excluding diaryl/α,β-unsaturated/α-hetero) is 1. The van der Waals surface area contributed by atoms with Crippen LogP contribution in [0.3, 0.4) is 0 Å². The van der Waals surface area contributed by atoms with E-state index in [-0.39, 0.29) is 29.4 Å². The van der Waals surface area contributed by atoms with Crippen molar-refractivity contribution in [3.63, 3.8) is 0 Å². The fourth-order valence-electron chi connectivity index (χ4n) is 4.57.